The maximum Gasteiger partial charge on any atom is 0.309 e. The molecule has 0 aromatic rings. The summed E-state index contributed by atoms with van der Waals surface area (Å²) in [6, 6.07) is 0. The highest BCUT2D eigenvalue weighted by Crippen LogP contribution is 2.58. The molecule has 0 unspecified atom stereocenters. The smallest absolute Gasteiger partial charge is 0.309 e. The van der Waals surface area contributed by atoms with E-state index in [2.05, 4.69) is 6.92 Å². The maximum absolute atomic E-state index is 13.1. The van der Waals surface area contributed by atoms with Crippen LogP contribution < -0.4 is 0 Å². The van der Waals surface area contributed by atoms with Crippen molar-refractivity contribution in [1.29, 1.82) is 0 Å². The summed E-state index contributed by atoms with van der Waals surface area (Å²) >= 11 is 0. The molecule has 0 radical (unpaired) electrons. The zero-order valence-corrected chi connectivity index (χ0v) is 19.9. The Morgan fingerprint density at radius 3 is 2.40 bits per heavy atom. The van der Waals surface area contributed by atoms with Crippen molar-refractivity contribution in [3.63, 3.8) is 0 Å². The minimum atomic E-state index is -1.16. The third kappa shape index (κ3) is 5.53. The molecule has 0 amide bonds. The van der Waals surface area contributed by atoms with Crippen molar-refractivity contribution in [1.82, 2.24) is 0 Å². The zero-order valence-electron chi connectivity index (χ0n) is 19.9. The highest BCUT2D eigenvalue weighted by Gasteiger charge is 2.50. The number of Topliss-reactive ketones (excluding diaryl/α,β-unsaturated/α-hetero) is 1. The number of hydrogen-bond donors (Lipinski definition) is 2. The molecular weight excluding hydrogens is 380 g/mol. The number of carbonyl (C=O) groups excluding carboxylic acids is 2. The van der Waals surface area contributed by atoms with Gasteiger partial charge in [0.15, 0.2) is 0 Å². The molecule has 1 saturated carbocycles. The first kappa shape index (κ1) is 25.1. The van der Waals surface area contributed by atoms with E-state index in [1.165, 1.54) is 0 Å². The van der Waals surface area contributed by atoms with Crippen LogP contribution >= 0.6 is 0 Å². The molecule has 0 aromatic heterocycles. The summed E-state index contributed by atoms with van der Waals surface area (Å²) in [5.41, 5.74) is 0.133. The fourth-order valence-electron chi connectivity index (χ4n) is 4.97. The maximum atomic E-state index is 13.1. The van der Waals surface area contributed by atoms with Crippen molar-refractivity contribution in [3.05, 3.63) is 11.6 Å². The molecule has 0 aromatic carbocycles. The number of carbonyl (C=O) groups is 2. The summed E-state index contributed by atoms with van der Waals surface area (Å²) in [4.78, 5) is 25.7. The molecule has 0 bridgehead atoms. The van der Waals surface area contributed by atoms with Gasteiger partial charge in [-0.15, -0.1) is 0 Å². The average molecular weight is 423 g/mol. The van der Waals surface area contributed by atoms with E-state index in [0.29, 0.717) is 5.92 Å². The Morgan fingerprint density at radius 2 is 1.80 bits per heavy atom. The number of cyclic esters (lactones) is 1. The van der Waals surface area contributed by atoms with Crippen molar-refractivity contribution < 1.29 is 24.5 Å². The minimum Gasteiger partial charge on any atom is -0.458 e. The Morgan fingerprint density at radius 1 is 1.17 bits per heavy atom. The first-order valence-corrected chi connectivity index (χ1v) is 11.6. The molecule has 7 atom stereocenters. The van der Waals surface area contributed by atoms with Crippen LogP contribution in [0.25, 0.3) is 0 Å². The largest absolute Gasteiger partial charge is 0.458 e. The van der Waals surface area contributed by atoms with E-state index in [4.69, 9.17) is 4.74 Å². The second-order valence-electron chi connectivity index (χ2n) is 10.8. The molecule has 1 aliphatic heterocycles. The van der Waals surface area contributed by atoms with Gasteiger partial charge in [0.2, 0.25) is 0 Å². The molecule has 5 heteroatoms. The fraction of sp³-hybridized carbons (Fsp3) is 0.840. The van der Waals surface area contributed by atoms with Crippen molar-refractivity contribution in [2.75, 3.05) is 0 Å². The number of hydrogen-bond acceptors (Lipinski definition) is 5. The van der Waals surface area contributed by atoms with Gasteiger partial charge in [0.25, 0.3) is 0 Å². The van der Waals surface area contributed by atoms with Gasteiger partial charge >= 0.3 is 5.97 Å². The van der Waals surface area contributed by atoms with E-state index in [-0.39, 0.29) is 29.6 Å². The Balaban J connectivity index is 2.26. The molecule has 172 valence electrons. The first-order chi connectivity index (χ1) is 13.8. The minimum absolute atomic E-state index is 0.00795. The van der Waals surface area contributed by atoms with Gasteiger partial charge in [0.05, 0.1) is 24.0 Å². The molecule has 2 N–H and O–H groups in total. The normalized spacial score (nSPS) is 41.7. The number of esters is 1. The summed E-state index contributed by atoms with van der Waals surface area (Å²) in [5.74, 6) is -0.778. The molecule has 1 saturated heterocycles. The average Bonchev–Trinajstić information content (AvgIpc) is 3.32. The van der Waals surface area contributed by atoms with E-state index in [9.17, 15) is 19.8 Å². The Bertz CT molecular complexity index is 666. The summed E-state index contributed by atoms with van der Waals surface area (Å²) in [6.07, 6.45) is 4.43. The highest BCUT2D eigenvalue weighted by atomic mass is 16.5. The Kier molecular flexibility index (Phi) is 7.95. The van der Waals surface area contributed by atoms with Crippen molar-refractivity contribution in [2.45, 2.75) is 105 Å². The number of fused-ring (bicyclic) bond motifs is 1. The van der Waals surface area contributed by atoms with Crippen molar-refractivity contribution >= 4 is 11.8 Å². The predicted octanol–water partition coefficient (Wildman–Crippen LogP) is 4.44. The van der Waals surface area contributed by atoms with Crippen LogP contribution in [0.2, 0.25) is 0 Å². The Hall–Kier alpha value is -1.20. The molecule has 0 spiro atoms. The molecule has 30 heavy (non-hydrogen) atoms. The fourth-order valence-corrected chi connectivity index (χ4v) is 4.97. The van der Waals surface area contributed by atoms with Crippen LogP contribution in [-0.2, 0) is 14.3 Å². The molecule has 2 aliphatic rings. The monoisotopic (exact) mass is 422 g/mol. The lowest BCUT2D eigenvalue weighted by Gasteiger charge is -2.34. The van der Waals surface area contributed by atoms with E-state index >= 15 is 0 Å². The number of aliphatic hydroxyl groups is 2. The van der Waals surface area contributed by atoms with Gasteiger partial charge in [0, 0.05) is 5.92 Å². The van der Waals surface area contributed by atoms with E-state index in [0.717, 1.165) is 37.7 Å². The predicted molar refractivity (Wildman–Crippen MR) is 118 cm³/mol. The van der Waals surface area contributed by atoms with Crippen molar-refractivity contribution in [3.8, 4) is 0 Å². The van der Waals surface area contributed by atoms with Gasteiger partial charge in [0.1, 0.15) is 11.9 Å². The lowest BCUT2D eigenvalue weighted by Crippen LogP contribution is -2.45. The summed E-state index contributed by atoms with van der Waals surface area (Å²) < 4.78 is 5.78. The first-order valence-electron chi connectivity index (χ1n) is 11.6. The standard InChI is InChI=1S/C25H42O5/c1-8-15(2)19-12-18-14-25(18,7)11-9-10-16(3)22(28)17(4)23(29)24(5,6)20(26)13-21(27)30-19/h8,16-20,22,26,28H,9-14H2,1-7H3/b15-8+/t16-,17+,18+,19-,20-,22-,25-/m0/s1. The van der Waals surface area contributed by atoms with Crippen molar-refractivity contribution in [2.24, 2.45) is 28.6 Å². The number of aliphatic hydroxyl groups excluding tert-OH is 2. The van der Waals surface area contributed by atoms with E-state index in [1.807, 2.05) is 26.8 Å². The highest BCUT2D eigenvalue weighted by molar-refractivity contribution is 5.88. The van der Waals surface area contributed by atoms with Crippen LogP contribution in [0.4, 0.5) is 0 Å². The van der Waals surface area contributed by atoms with E-state index in [1.54, 1.807) is 20.8 Å². The topological polar surface area (TPSA) is 83.8 Å². The third-order valence-corrected chi connectivity index (χ3v) is 8.02. The number of allylic oxidation sites excluding steroid dienone is 1. The molecule has 1 heterocycles. The van der Waals surface area contributed by atoms with Crippen LogP contribution in [0.15, 0.2) is 11.6 Å². The van der Waals surface area contributed by atoms with Crippen LogP contribution in [0, 0.1) is 28.6 Å². The lowest BCUT2D eigenvalue weighted by atomic mass is 9.73. The molecule has 5 nitrogen and oxygen atoms in total. The summed E-state index contributed by atoms with van der Waals surface area (Å²) in [6.45, 7) is 13.2. The number of ketones is 1. The second-order valence-corrected chi connectivity index (χ2v) is 10.8. The quantitative estimate of drug-likeness (QED) is 0.482. The summed E-state index contributed by atoms with van der Waals surface area (Å²) in [5, 5.41) is 21.5. The van der Waals surface area contributed by atoms with Gasteiger partial charge in [-0.3, -0.25) is 9.59 Å². The molecular formula is C25H42O5. The van der Waals surface area contributed by atoms with Gasteiger partial charge in [-0.2, -0.15) is 0 Å². The Labute approximate surface area is 182 Å². The zero-order chi connectivity index (χ0) is 22.9. The van der Waals surface area contributed by atoms with Gasteiger partial charge in [-0.1, -0.05) is 47.1 Å². The van der Waals surface area contributed by atoms with Crippen LogP contribution in [0.3, 0.4) is 0 Å². The van der Waals surface area contributed by atoms with Crippen LogP contribution in [0.5, 0.6) is 0 Å². The van der Waals surface area contributed by atoms with E-state index < -0.39 is 29.5 Å². The second kappa shape index (κ2) is 9.52. The molecule has 1 aliphatic carbocycles. The number of rotatable bonds is 1. The lowest BCUT2D eigenvalue weighted by molar-refractivity contribution is -0.154. The number of ether oxygens (including phenoxy) is 1. The summed E-state index contributed by atoms with van der Waals surface area (Å²) in [7, 11) is 0. The van der Waals surface area contributed by atoms with Crippen LogP contribution in [-0.4, -0.2) is 40.3 Å². The van der Waals surface area contributed by atoms with Gasteiger partial charge in [-0.25, -0.2) is 0 Å². The van der Waals surface area contributed by atoms with Gasteiger partial charge < -0.3 is 14.9 Å². The van der Waals surface area contributed by atoms with Gasteiger partial charge in [-0.05, 0) is 62.4 Å². The SMILES string of the molecule is C/C=C(\C)[C@@H]1C[C@@H]2C[C@]2(C)CCC[C@H](C)[C@H](O)[C@@H](C)C(=O)C(C)(C)[C@@H](O)CC(=O)O1. The third-order valence-electron chi connectivity index (χ3n) is 8.02. The van der Waals surface area contributed by atoms with Crippen LogP contribution in [0.1, 0.15) is 87.0 Å². The molecule has 2 rings (SSSR count). The molecule has 2 fully saturated rings.